The first kappa shape index (κ1) is 23.5. The molecule has 1 aromatic carbocycles. The second kappa shape index (κ2) is 8.15. The van der Waals surface area contributed by atoms with Crippen molar-refractivity contribution < 1.29 is 31.5 Å². The van der Waals surface area contributed by atoms with Gasteiger partial charge in [0.25, 0.3) is 15.9 Å². The number of aliphatic hydroxyl groups is 1. The number of pyridine rings is 1. The molecule has 1 unspecified atom stereocenters. The molecule has 0 bridgehead atoms. The molecular formula is C15H11Cl3F3N3O4S. The highest BCUT2D eigenvalue weighted by Crippen LogP contribution is 2.33. The largest absolute Gasteiger partial charge is 0.426 e. The molecule has 1 amide bonds. The van der Waals surface area contributed by atoms with Crippen LogP contribution in [0.25, 0.3) is 0 Å². The first-order chi connectivity index (χ1) is 13.1. The molecule has 0 spiro atoms. The van der Waals surface area contributed by atoms with E-state index in [2.05, 4.69) is 9.71 Å². The highest BCUT2D eigenvalue weighted by atomic mass is 35.5. The lowest BCUT2D eigenvalue weighted by Gasteiger charge is -2.25. The third kappa shape index (κ3) is 5.23. The summed E-state index contributed by atoms with van der Waals surface area (Å²) in [6.45, 7) is 0.266. The summed E-state index contributed by atoms with van der Waals surface area (Å²) in [5.74, 6) is -2.01. The van der Waals surface area contributed by atoms with E-state index in [1.54, 1.807) is 5.32 Å². The molecule has 158 valence electrons. The highest BCUT2D eigenvalue weighted by molar-refractivity contribution is 7.92. The van der Waals surface area contributed by atoms with Gasteiger partial charge in [-0.15, -0.1) is 0 Å². The van der Waals surface area contributed by atoms with Crippen molar-refractivity contribution >= 4 is 62.2 Å². The van der Waals surface area contributed by atoms with E-state index in [0.29, 0.717) is 0 Å². The lowest BCUT2D eigenvalue weighted by Crippen LogP contribution is -2.52. The van der Waals surface area contributed by atoms with Gasteiger partial charge >= 0.3 is 6.18 Å². The minimum Gasteiger partial charge on any atom is -0.373 e. The quantitative estimate of drug-likeness (QED) is 0.582. The summed E-state index contributed by atoms with van der Waals surface area (Å²) in [4.78, 5) is 15.1. The number of aromatic nitrogens is 1. The number of hydrogen-bond donors (Lipinski definition) is 3. The van der Waals surface area contributed by atoms with Crippen LogP contribution in [0.15, 0.2) is 35.4 Å². The van der Waals surface area contributed by atoms with Crippen LogP contribution in [0.2, 0.25) is 15.1 Å². The molecule has 3 N–H and O–H groups in total. The predicted octanol–water partition coefficient (Wildman–Crippen LogP) is 4.09. The maximum atomic E-state index is 12.7. The standard InChI is InChI=1S/C15H11Cl3F3N3O4S/c1-14(26,15(19,20)21)13(25)23-11-3-2-8(5-9(11)17)29(27,28)24-12-10(18)4-7(16)6-22-12/h2-6,26H,1H3,(H,22,24)(H,23,25). The summed E-state index contributed by atoms with van der Waals surface area (Å²) < 4.78 is 65.1. The lowest BCUT2D eigenvalue weighted by molar-refractivity contribution is -0.242. The van der Waals surface area contributed by atoms with E-state index in [9.17, 15) is 31.5 Å². The number of halogens is 6. The van der Waals surface area contributed by atoms with Gasteiger partial charge in [-0.2, -0.15) is 13.2 Å². The lowest BCUT2D eigenvalue weighted by atomic mass is 10.1. The molecule has 0 aliphatic heterocycles. The monoisotopic (exact) mass is 491 g/mol. The molecule has 29 heavy (non-hydrogen) atoms. The molecule has 14 heteroatoms. The van der Waals surface area contributed by atoms with E-state index in [-0.39, 0.29) is 28.5 Å². The summed E-state index contributed by atoms with van der Waals surface area (Å²) in [7, 11) is -4.23. The molecule has 1 aromatic heterocycles. The van der Waals surface area contributed by atoms with E-state index >= 15 is 0 Å². The maximum absolute atomic E-state index is 12.7. The van der Waals surface area contributed by atoms with Crippen LogP contribution < -0.4 is 10.0 Å². The molecule has 0 saturated heterocycles. The second-order valence-electron chi connectivity index (χ2n) is 5.76. The molecule has 0 radical (unpaired) electrons. The van der Waals surface area contributed by atoms with Crippen molar-refractivity contribution in [3.8, 4) is 0 Å². The maximum Gasteiger partial charge on any atom is 0.426 e. The number of carbonyl (C=O) groups is 1. The van der Waals surface area contributed by atoms with Crippen LogP contribution in [0, 0.1) is 0 Å². The minimum absolute atomic E-state index is 0.0783. The van der Waals surface area contributed by atoms with E-state index in [1.165, 1.54) is 6.07 Å². The Hall–Kier alpha value is -1.79. The second-order valence-corrected chi connectivity index (χ2v) is 8.69. The number of carbonyl (C=O) groups excluding carboxylic acids is 1. The molecule has 0 saturated carbocycles. The Morgan fingerprint density at radius 2 is 1.76 bits per heavy atom. The summed E-state index contributed by atoms with van der Waals surface area (Å²) in [6, 6.07) is 4.06. The van der Waals surface area contributed by atoms with Gasteiger partial charge in [-0.1, -0.05) is 34.8 Å². The van der Waals surface area contributed by atoms with Gasteiger partial charge in [0, 0.05) is 6.20 Å². The number of alkyl halides is 3. The van der Waals surface area contributed by atoms with E-state index in [4.69, 9.17) is 34.8 Å². The zero-order chi connectivity index (χ0) is 22.2. The van der Waals surface area contributed by atoms with Gasteiger partial charge in [0.15, 0.2) is 5.82 Å². The molecule has 0 aliphatic carbocycles. The van der Waals surface area contributed by atoms with Gasteiger partial charge in [-0.25, -0.2) is 13.4 Å². The third-order valence-electron chi connectivity index (χ3n) is 3.53. The average Bonchev–Trinajstić information content (AvgIpc) is 2.58. The Labute approximate surface area is 177 Å². The number of nitrogens with zero attached hydrogens (tertiary/aromatic N) is 1. The molecule has 1 atom stereocenters. The molecule has 1 heterocycles. The van der Waals surface area contributed by atoms with E-state index < -0.39 is 37.6 Å². The molecule has 0 fully saturated rings. The summed E-state index contributed by atoms with van der Waals surface area (Å²) in [6.07, 6.45) is -4.08. The summed E-state index contributed by atoms with van der Waals surface area (Å²) >= 11 is 17.4. The predicted molar refractivity (Wildman–Crippen MR) is 102 cm³/mol. The number of amides is 1. The van der Waals surface area contributed by atoms with Crippen LogP contribution in [0.4, 0.5) is 24.7 Å². The normalized spacial score (nSPS) is 14.2. The van der Waals surface area contributed by atoms with Crippen LogP contribution in [0.1, 0.15) is 6.92 Å². The fourth-order valence-corrected chi connectivity index (χ4v) is 3.64. The van der Waals surface area contributed by atoms with Crippen molar-refractivity contribution in [2.75, 3.05) is 10.0 Å². The molecule has 2 rings (SSSR count). The Balaban J connectivity index is 2.27. The van der Waals surface area contributed by atoms with Gasteiger partial charge in [-0.3, -0.25) is 9.52 Å². The molecule has 2 aromatic rings. The van der Waals surface area contributed by atoms with Crippen molar-refractivity contribution in [1.82, 2.24) is 4.98 Å². The third-order valence-corrected chi connectivity index (χ3v) is 5.68. The van der Waals surface area contributed by atoms with E-state index in [1.807, 2.05) is 0 Å². The van der Waals surface area contributed by atoms with Gasteiger partial charge in [0.05, 0.1) is 25.7 Å². The van der Waals surface area contributed by atoms with Crippen LogP contribution in [0.5, 0.6) is 0 Å². The van der Waals surface area contributed by atoms with E-state index in [0.717, 1.165) is 24.4 Å². The van der Waals surface area contributed by atoms with Crippen LogP contribution in [-0.4, -0.2) is 36.2 Å². The number of hydrogen-bond acceptors (Lipinski definition) is 5. The highest BCUT2D eigenvalue weighted by Gasteiger charge is 2.55. The van der Waals surface area contributed by atoms with Crippen molar-refractivity contribution in [3.05, 3.63) is 45.5 Å². The van der Waals surface area contributed by atoms with Crippen molar-refractivity contribution in [2.45, 2.75) is 23.6 Å². The van der Waals surface area contributed by atoms with Gasteiger partial charge in [0.2, 0.25) is 5.60 Å². The van der Waals surface area contributed by atoms with Crippen LogP contribution in [-0.2, 0) is 14.8 Å². The average molecular weight is 493 g/mol. The van der Waals surface area contributed by atoms with Crippen LogP contribution >= 0.6 is 34.8 Å². The fraction of sp³-hybridized carbons (Fsp3) is 0.200. The van der Waals surface area contributed by atoms with Gasteiger partial charge in [0.1, 0.15) is 0 Å². The Kier molecular flexibility index (Phi) is 6.60. The number of rotatable bonds is 5. The van der Waals surface area contributed by atoms with Crippen molar-refractivity contribution in [1.29, 1.82) is 0 Å². The minimum atomic E-state index is -5.23. The molecule has 7 nitrogen and oxygen atoms in total. The zero-order valence-electron chi connectivity index (χ0n) is 14.2. The first-order valence-corrected chi connectivity index (χ1v) is 10.0. The Morgan fingerprint density at radius 1 is 1.14 bits per heavy atom. The number of benzene rings is 1. The molecular weight excluding hydrogens is 482 g/mol. The Morgan fingerprint density at radius 3 is 2.28 bits per heavy atom. The summed E-state index contributed by atoms with van der Waals surface area (Å²) in [5.41, 5.74) is -4.03. The SMILES string of the molecule is CC(O)(C(=O)Nc1ccc(S(=O)(=O)Nc2ncc(Cl)cc2Cl)cc1Cl)C(F)(F)F. The number of anilines is 2. The Bertz CT molecular complexity index is 1060. The zero-order valence-corrected chi connectivity index (χ0v) is 17.3. The first-order valence-electron chi connectivity index (χ1n) is 7.39. The fourth-order valence-electron chi connectivity index (χ4n) is 1.81. The van der Waals surface area contributed by atoms with Gasteiger partial charge < -0.3 is 10.4 Å². The molecule has 0 aliphatic rings. The topological polar surface area (TPSA) is 108 Å². The van der Waals surface area contributed by atoms with Crippen LogP contribution in [0.3, 0.4) is 0 Å². The number of sulfonamides is 1. The van der Waals surface area contributed by atoms with Crippen molar-refractivity contribution in [2.24, 2.45) is 0 Å². The smallest absolute Gasteiger partial charge is 0.373 e. The number of nitrogens with one attached hydrogen (secondary N) is 2. The summed E-state index contributed by atoms with van der Waals surface area (Å²) in [5, 5.41) is 10.9. The van der Waals surface area contributed by atoms with Gasteiger partial charge in [-0.05, 0) is 31.2 Å². The van der Waals surface area contributed by atoms with Crippen molar-refractivity contribution in [3.63, 3.8) is 0 Å².